The molecule has 1 N–H and O–H groups in total. The topological polar surface area (TPSA) is 55.7 Å². The smallest absolute Gasteiger partial charge is 0.165 e. The van der Waals surface area contributed by atoms with Crippen LogP contribution in [0.25, 0.3) is 17.2 Å². The Hall–Kier alpha value is -2.56. The molecule has 3 aromatic rings. The van der Waals surface area contributed by atoms with Crippen LogP contribution in [0.1, 0.15) is 18.2 Å². The number of hydrogen-bond donors (Lipinski definition) is 1. The van der Waals surface area contributed by atoms with Gasteiger partial charge in [0.2, 0.25) is 0 Å². The fourth-order valence-electron chi connectivity index (χ4n) is 2.83. The van der Waals surface area contributed by atoms with Gasteiger partial charge in [0.05, 0.1) is 6.33 Å². The number of aryl methyl sites for hydroxylation is 1. The van der Waals surface area contributed by atoms with E-state index in [9.17, 15) is 0 Å². The molecule has 5 nitrogen and oxygen atoms in total. The molecule has 1 aliphatic heterocycles. The number of benzene rings is 1. The molecule has 2 aromatic heterocycles. The van der Waals surface area contributed by atoms with Crippen LogP contribution in [0.5, 0.6) is 5.75 Å². The third-order valence-corrected chi connectivity index (χ3v) is 3.84. The molecule has 5 heteroatoms. The van der Waals surface area contributed by atoms with Crippen LogP contribution in [0.4, 0.5) is 0 Å². The van der Waals surface area contributed by atoms with Gasteiger partial charge in [-0.15, -0.1) is 0 Å². The molecule has 0 saturated heterocycles. The summed E-state index contributed by atoms with van der Waals surface area (Å²) in [7, 11) is 0. The number of nitrogens with one attached hydrogen (secondary N) is 1. The molecule has 0 amide bonds. The Morgan fingerprint density at radius 3 is 3.05 bits per heavy atom. The molecule has 0 fully saturated rings. The summed E-state index contributed by atoms with van der Waals surface area (Å²) in [6, 6.07) is 6.27. The maximum atomic E-state index is 5.76. The number of nitrogens with zero attached hydrogens (tertiary/aromatic N) is 3. The van der Waals surface area contributed by atoms with Crippen molar-refractivity contribution >= 4 is 0 Å². The highest BCUT2D eigenvalue weighted by Gasteiger charge is 2.20. The van der Waals surface area contributed by atoms with Crippen molar-refractivity contribution in [2.45, 2.75) is 26.4 Å². The van der Waals surface area contributed by atoms with Gasteiger partial charge in [0.1, 0.15) is 17.5 Å². The highest BCUT2D eigenvalue weighted by molar-refractivity contribution is 5.58. The molecular formula is C16H16N4O. The zero-order valence-electron chi connectivity index (χ0n) is 12.0. The second-order valence-electron chi connectivity index (χ2n) is 5.42. The first-order chi connectivity index (χ1) is 10.2. The molecule has 1 atom stereocenters. The Kier molecular flexibility index (Phi) is 2.60. The van der Waals surface area contributed by atoms with Crippen molar-refractivity contribution in [3.8, 4) is 23.0 Å². The minimum atomic E-state index is 0.256. The standard InChI is InChI=1S/C16H16N4O/c1-10-7-12-8-13(3-4-14(12)21-10)20-6-5-17-16(20)15-11(2)18-9-19-15/h3-6,8-10H,7H2,1-2H3,(H,18,19)/t10-/m0/s1. The van der Waals surface area contributed by atoms with Gasteiger partial charge in [0, 0.05) is 30.2 Å². The molecule has 0 aliphatic carbocycles. The minimum Gasteiger partial charge on any atom is -0.490 e. The number of aromatic nitrogens is 4. The van der Waals surface area contributed by atoms with Crippen molar-refractivity contribution in [2.24, 2.45) is 0 Å². The summed E-state index contributed by atoms with van der Waals surface area (Å²) in [6.07, 6.45) is 6.67. The van der Waals surface area contributed by atoms with Crippen molar-refractivity contribution in [1.82, 2.24) is 19.5 Å². The molecule has 3 heterocycles. The van der Waals surface area contributed by atoms with E-state index in [-0.39, 0.29) is 6.10 Å². The second kappa shape index (κ2) is 4.48. The third-order valence-electron chi connectivity index (χ3n) is 3.84. The lowest BCUT2D eigenvalue weighted by atomic mass is 10.1. The number of ether oxygens (including phenoxy) is 1. The average molecular weight is 280 g/mol. The first-order valence-electron chi connectivity index (χ1n) is 7.06. The van der Waals surface area contributed by atoms with Gasteiger partial charge in [0.25, 0.3) is 0 Å². The van der Waals surface area contributed by atoms with Gasteiger partial charge in [-0.05, 0) is 37.6 Å². The van der Waals surface area contributed by atoms with E-state index in [2.05, 4.69) is 38.6 Å². The maximum absolute atomic E-state index is 5.76. The highest BCUT2D eigenvalue weighted by atomic mass is 16.5. The van der Waals surface area contributed by atoms with Gasteiger partial charge >= 0.3 is 0 Å². The van der Waals surface area contributed by atoms with E-state index in [4.69, 9.17) is 4.74 Å². The summed E-state index contributed by atoms with van der Waals surface area (Å²) in [4.78, 5) is 11.9. The van der Waals surface area contributed by atoms with Crippen LogP contribution in [0.2, 0.25) is 0 Å². The number of imidazole rings is 2. The van der Waals surface area contributed by atoms with E-state index in [0.29, 0.717) is 0 Å². The summed E-state index contributed by atoms with van der Waals surface area (Å²) in [5, 5.41) is 0. The molecule has 21 heavy (non-hydrogen) atoms. The zero-order valence-corrected chi connectivity index (χ0v) is 12.0. The summed E-state index contributed by atoms with van der Waals surface area (Å²) < 4.78 is 7.82. The van der Waals surface area contributed by atoms with Crippen molar-refractivity contribution in [3.63, 3.8) is 0 Å². The molecular weight excluding hydrogens is 264 g/mol. The van der Waals surface area contributed by atoms with Crippen molar-refractivity contribution in [2.75, 3.05) is 0 Å². The fourth-order valence-corrected chi connectivity index (χ4v) is 2.83. The summed E-state index contributed by atoms with van der Waals surface area (Å²) in [5.41, 5.74) is 4.23. The van der Waals surface area contributed by atoms with Crippen molar-refractivity contribution < 1.29 is 4.74 Å². The van der Waals surface area contributed by atoms with Crippen LogP contribution in [0.3, 0.4) is 0 Å². The highest BCUT2D eigenvalue weighted by Crippen LogP contribution is 2.31. The molecule has 1 aliphatic rings. The lowest BCUT2D eigenvalue weighted by Crippen LogP contribution is -2.05. The summed E-state index contributed by atoms with van der Waals surface area (Å²) in [6.45, 7) is 4.09. The van der Waals surface area contributed by atoms with E-state index in [1.165, 1.54) is 5.56 Å². The Morgan fingerprint density at radius 1 is 1.33 bits per heavy atom. The van der Waals surface area contributed by atoms with Crippen molar-refractivity contribution in [1.29, 1.82) is 0 Å². The number of aromatic amines is 1. The van der Waals surface area contributed by atoms with E-state index >= 15 is 0 Å². The molecule has 1 aromatic carbocycles. The first-order valence-corrected chi connectivity index (χ1v) is 7.06. The number of fused-ring (bicyclic) bond motifs is 1. The van der Waals surface area contributed by atoms with E-state index in [1.807, 2.05) is 19.2 Å². The SMILES string of the molecule is Cc1[nH]cnc1-c1nccn1-c1ccc2c(c1)C[C@H](C)O2. The summed E-state index contributed by atoms with van der Waals surface area (Å²) >= 11 is 0. The number of H-pyrrole nitrogens is 1. The minimum absolute atomic E-state index is 0.256. The molecule has 0 spiro atoms. The normalized spacial score (nSPS) is 16.8. The van der Waals surface area contributed by atoms with Gasteiger partial charge in [-0.25, -0.2) is 9.97 Å². The summed E-state index contributed by atoms with van der Waals surface area (Å²) in [5.74, 6) is 1.84. The van der Waals surface area contributed by atoms with Crippen LogP contribution < -0.4 is 4.74 Å². The molecule has 0 radical (unpaired) electrons. The first kappa shape index (κ1) is 12.2. The molecule has 106 valence electrons. The van der Waals surface area contributed by atoms with Crippen LogP contribution in [0, 0.1) is 6.92 Å². The lowest BCUT2D eigenvalue weighted by molar-refractivity contribution is 0.254. The Balaban J connectivity index is 1.81. The van der Waals surface area contributed by atoms with E-state index in [1.54, 1.807) is 12.5 Å². The second-order valence-corrected chi connectivity index (χ2v) is 5.42. The fraction of sp³-hybridized carbons (Fsp3) is 0.250. The number of rotatable bonds is 2. The van der Waals surface area contributed by atoms with Crippen LogP contribution in [-0.4, -0.2) is 25.6 Å². The monoisotopic (exact) mass is 280 g/mol. The van der Waals surface area contributed by atoms with E-state index < -0.39 is 0 Å². The Bertz CT molecular complexity index is 802. The predicted molar refractivity (Wildman–Crippen MR) is 79.7 cm³/mol. The van der Waals surface area contributed by atoms with E-state index in [0.717, 1.165) is 35.1 Å². The van der Waals surface area contributed by atoms with Crippen LogP contribution >= 0.6 is 0 Å². The van der Waals surface area contributed by atoms with Crippen LogP contribution in [0.15, 0.2) is 36.9 Å². The molecule has 0 unspecified atom stereocenters. The quantitative estimate of drug-likeness (QED) is 0.785. The van der Waals surface area contributed by atoms with Gasteiger partial charge in [0.15, 0.2) is 5.82 Å². The molecule has 0 bridgehead atoms. The molecule has 4 rings (SSSR count). The maximum Gasteiger partial charge on any atom is 0.165 e. The lowest BCUT2D eigenvalue weighted by Gasteiger charge is -2.08. The number of hydrogen-bond acceptors (Lipinski definition) is 3. The van der Waals surface area contributed by atoms with Gasteiger partial charge in [-0.1, -0.05) is 0 Å². The van der Waals surface area contributed by atoms with Crippen LogP contribution in [-0.2, 0) is 6.42 Å². The third kappa shape index (κ3) is 1.93. The van der Waals surface area contributed by atoms with Gasteiger partial charge < -0.3 is 9.72 Å². The average Bonchev–Trinajstić information content (AvgIpc) is 3.15. The van der Waals surface area contributed by atoms with Gasteiger partial charge in [-0.2, -0.15) is 0 Å². The molecule has 0 saturated carbocycles. The predicted octanol–water partition coefficient (Wildman–Crippen LogP) is 2.89. The largest absolute Gasteiger partial charge is 0.490 e. The Labute approximate surface area is 122 Å². The van der Waals surface area contributed by atoms with Crippen molar-refractivity contribution in [3.05, 3.63) is 48.2 Å². The van der Waals surface area contributed by atoms with Gasteiger partial charge in [-0.3, -0.25) is 4.57 Å². The zero-order chi connectivity index (χ0) is 14.4. The Morgan fingerprint density at radius 2 is 2.24 bits per heavy atom.